The second-order valence-electron chi connectivity index (χ2n) is 12.3. The van der Waals surface area contributed by atoms with Gasteiger partial charge < -0.3 is 8.98 Å². The normalized spacial score (nSPS) is 12.0. The minimum atomic E-state index is 0.872. The van der Waals surface area contributed by atoms with Crippen molar-refractivity contribution in [3.63, 3.8) is 0 Å². The van der Waals surface area contributed by atoms with E-state index in [2.05, 4.69) is 153 Å². The summed E-state index contributed by atoms with van der Waals surface area (Å²) in [6.07, 6.45) is 0. The lowest BCUT2D eigenvalue weighted by Gasteiger charge is -2.08. The zero-order chi connectivity index (χ0) is 31.3. The molecule has 0 aliphatic rings. The van der Waals surface area contributed by atoms with E-state index in [1.807, 2.05) is 18.2 Å². The number of imidazole rings is 2. The third-order valence-corrected chi connectivity index (χ3v) is 9.72. The van der Waals surface area contributed by atoms with Crippen LogP contribution in [-0.2, 0) is 0 Å². The standard InChI is InChI=1S/C43H24N4O/c1-2-10-29(11-3-1)46-39-21-18-28(25-40(39)47-38-17-9-6-14-35(38)44-43(46)47)27-19-22-41-33(24-27)34-26-30(20-23-42(34)48-41)45-36-15-7-4-12-31(36)32-13-5-8-16-37(32)45/h2,4-26H. The van der Waals surface area contributed by atoms with Crippen LogP contribution in [0.2, 0.25) is 0 Å². The van der Waals surface area contributed by atoms with Crippen LogP contribution in [0.3, 0.4) is 0 Å². The van der Waals surface area contributed by atoms with Crippen molar-refractivity contribution in [3.05, 3.63) is 158 Å². The fourth-order valence-electron chi connectivity index (χ4n) is 7.60. The van der Waals surface area contributed by atoms with Crippen LogP contribution in [0.25, 0.3) is 94.1 Å². The highest BCUT2D eigenvalue weighted by molar-refractivity contribution is 6.11. The van der Waals surface area contributed by atoms with E-state index < -0.39 is 0 Å². The quantitative estimate of drug-likeness (QED) is 0.199. The van der Waals surface area contributed by atoms with E-state index in [4.69, 9.17) is 9.40 Å². The van der Waals surface area contributed by atoms with E-state index in [9.17, 15) is 0 Å². The van der Waals surface area contributed by atoms with E-state index in [0.717, 1.165) is 72.3 Å². The van der Waals surface area contributed by atoms with Gasteiger partial charge in [-0.25, -0.2) is 4.98 Å². The van der Waals surface area contributed by atoms with Crippen LogP contribution < -0.4 is 0 Å². The molecule has 0 amide bonds. The van der Waals surface area contributed by atoms with Gasteiger partial charge in [-0.1, -0.05) is 72.8 Å². The predicted octanol–water partition coefficient (Wildman–Crippen LogP) is 10.7. The van der Waals surface area contributed by atoms with Crippen LogP contribution in [0, 0.1) is 12.1 Å². The van der Waals surface area contributed by atoms with E-state index in [0.29, 0.717) is 0 Å². The van der Waals surface area contributed by atoms with Gasteiger partial charge in [-0.15, -0.1) is 0 Å². The molecule has 4 heterocycles. The Labute approximate surface area is 274 Å². The molecular formula is C43H24N4O. The molecule has 7 aromatic carbocycles. The molecule has 0 aliphatic carbocycles. The number of para-hydroxylation sites is 4. The summed E-state index contributed by atoms with van der Waals surface area (Å²) in [5, 5.41) is 4.69. The average molecular weight is 613 g/mol. The zero-order valence-corrected chi connectivity index (χ0v) is 25.6. The number of aromatic nitrogens is 4. The monoisotopic (exact) mass is 612 g/mol. The Morgan fingerprint density at radius 1 is 0.479 bits per heavy atom. The summed E-state index contributed by atoms with van der Waals surface area (Å²) in [6.45, 7) is 0. The number of fused-ring (bicyclic) bond motifs is 11. The van der Waals surface area contributed by atoms with E-state index in [-0.39, 0.29) is 0 Å². The third-order valence-electron chi connectivity index (χ3n) is 9.72. The number of hydrogen-bond acceptors (Lipinski definition) is 2. The Bertz CT molecular complexity index is 3010. The predicted molar refractivity (Wildman–Crippen MR) is 194 cm³/mol. The smallest absolute Gasteiger partial charge is 0.220 e. The maximum absolute atomic E-state index is 6.38. The number of rotatable bonds is 3. The summed E-state index contributed by atoms with van der Waals surface area (Å²) in [4.78, 5) is 5.05. The maximum atomic E-state index is 6.38. The Kier molecular flexibility index (Phi) is 4.97. The topological polar surface area (TPSA) is 40.3 Å². The molecule has 0 radical (unpaired) electrons. The Morgan fingerprint density at radius 2 is 1.17 bits per heavy atom. The van der Waals surface area contributed by atoms with Crippen LogP contribution >= 0.6 is 0 Å². The fraction of sp³-hybridized carbons (Fsp3) is 0. The lowest BCUT2D eigenvalue weighted by atomic mass is 10.0. The summed E-state index contributed by atoms with van der Waals surface area (Å²) in [7, 11) is 0. The highest BCUT2D eigenvalue weighted by Crippen LogP contribution is 2.38. The van der Waals surface area contributed by atoms with Crippen molar-refractivity contribution in [1.82, 2.24) is 18.5 Å². The number of hydrogen-bond donors (Lipinski definition) is 0. The van der Waals surface area contributed by atoms with Crippen LogP contribution in [-0.4, -0.2) is 18.5 Å². The molecule has 48 heavy (non-hydrogen) atoms. The van der Waals surface area contributed by atoms with Gasteiger partial charge in [-0.3, -0.25) is 8.97 Å². The minimum Gasteiger partial charge on any atom is -0.456 e. The van der Waals surface area contributed by atoms with E-state index >= 15 is 0 Å². The molecule has 0 saturated heterocycles. The molecule has 0 aliphatic heterocycles. The van der Waals surface area contributed by atoms with E-state index in [1.165, 1.54) is 21.8 Å². The number of benzene rings is 6. The van der Waals surface area contributed by atoms with Gasteiger partial charge in [0, 0.05) is 33.3 Å². The lowest BCUT2D eigenvalue weighted by molar-refractivity contribution is 0.669. The first-order valence-electron chi connectivity index (χ1n) is 16.1. The minimum absolute atomic E-state index is 0.872. The maximum Gasteiger partial charge on any atom is 0.220 e. The van der Waals surface area contributed by atoms with Crippen LogP contribution in [0.1, 0.15) is 0 Å². The van der Waals surface area contributed by atoms with Crippen molar-refractivity contribution >= 4 is 71.6 Å². The molecule has 0 unspecified atom stereocenters. The lowest BCUT2D eigenvalue weighted by Crippen LogP contribution is -1.94. The highest BCUT2D eigenvalue weighted by atomic mass is 16.3. The molecule has 0 bridgehead atoms. The molecule has 5 heteroatoms. The summed E-state index contributed by atoms with van der Waals surface area (Å²) in [6, 6.07) is 57.3. The first kappa shape index (κ1) is 25.4. The van der Waals surface area contributed by atoms with Crippen LogP contribution in [0.4, 0.5) is 0 Å². The van der Waals surface area contributed by atoms with Crippen molar-refractivity contribution in [1.29, 1.82) is 0 Å². The molecule has 222 valence electrons. The Hall–Kier alpha value is -6.77. The largest absolute Gasteiger partial charge is 0.456 e. The van der Waals surface area contributed by atoms with Crippen molar-refractivity contribution in [2.75, 3.05) is 0 Å². The van der Waals surface area contributed by atoms with Crippen LogP contribution in [0.5, 0.6) is 0 Å². The van der Waals surface area contributed by atoms with Gasteiger partial charge in [0.05, 0.1) is 38.8 Å². The molecule has 0 atom stereocenters. The van der Waals surface area contributed by atoms with Crippen molar-refractivity contribution < 1.29 is 4.42 Å². The zero-order valence-electron chi connectivity index (χ0n) is 25.6. The molecule has 5 nitrogen and oxygen atoms in total. The van der Waals surface area contributed by atoms with Gasteiger partial charge in [0.2, 0.25) is 5.78 Å². The number of furan rings is 1. The van der Waals surface area contributed by atoms with Crippen molar-refractivity contribution in [2.45, 2.75) is 0 Å². The summed E-state index contributed by atoms with van der Waals surface area (Å²) < 4.78 is 13.2. The molecule has 4 aromatic heterocycles. The first-order valence-corrected chi connectivity index (χ1v) is 16.1. The first-order chi connectivity index (χ1) is 23.8. The van der Waals surface area contributed by atoms with Gasteiger partial charge in [0.25, 0.3) is 0 Å². The van der Waals surface area contributed by atoms with E-state index in [1.54, 1.807) is 0 Å². The SMILES string of the molecule is c1ccc(-n2c3ccc(-c4ccc5oc6ccc(-n7c8ccccc8c8ccccc87)cc6c5c4)cc3n3c4ccccc4nc23)cc#1. The molecule has 11 rings (SSSR count). The Balaban J connectivity index is 1.12. The van der Waals surface area contributed by atoms with Gasteiger partial charge >= 0.3 is 0 Å². The van der Waals surface area contributed by atoms with Gasteiger partial charge in [0.1, 0.15) is 11.2 Å². The molecular weight excluding hydrogens is 589 g/mol. The molecule has 11 aromatic rings. The van der Waals surface area contributed by atoms with Gasteiger partial charge in [-0.05, 0) is 90.0 Å². The fourth-order valence-corrected chi connectivity index (χ4v) is 7.60. The molecule has 0 spiro atoms. The number of nitrogens with zero attached hydrogens (tertiary/aromatic N) is 4. The van der Waals surface area contributed by atoms with Crippen molar-refractivity contribution in [3.8, 4) is 22.5 Å². The summed E-state index contributed by atoms with van der Waals surface area (Å²) in [5.74, 6) is 0.872. The van der Waals surface area contributed by atoms with Crippen molar-refractivity contribution in [2.24, 2.45) is 0 Å². The summed E-state index contributed by atoms with van der Waals surface area (Å²) >= 11 is 0. The average Bonchev–Trinajstić information content (AvgIpc) is 3.88. The second-order valence-corrected chi connectivity index (χ2v) is 12.3. The Morgan fingerprint density at radius 3 is 1.96 bits per heavy atom. The third kappa shape index (κ3) is 3.43. The van der Waals surface area contributed by atoms with Gasteiger partial charge in [-0.2, -0.15) is 0 Å². The van der Waals surface area contributed by atoms with Gasteiger partial charge in [0.15, 0.2) is 0 Å². The molecule has 0 N–H and O–H groups in total. The van der Waals surface area contributed by atoms with Crippen LogP contribution in [0.15, 0.2) is 150 Å². The highest BCUT2D eigenvalue weighted by Gasteiger charge is 2.19. The molecule has 0 saturated carbocycles. The summed E-state index contributed by atoms with van der Waals surface area (Å²) in [5.41, 5.74) is 12.7. The second kappa shape index (κ2) is 9.38. The molecule has 0 fully saturated rings.